The summed E-state index contributed by atoms with van der Waals surface area (Å²) in [4.78, 5) is 27.7. The molecule has 2 atom stereocenters. The van der Waals surface area contributed by atoms with Gasteiger partial charge in [0.15, 0.2) is 11.2 Å². The molecule has 0 fully saturated rings. The molecule has 1 aliphatic rings. The first-order valence-electron chi connectivity index (χ1n) is 8.62. The minimum atomic E-state index is -0.267. The van der Waals surface area contributed by atoms with Crippen LogP contribution in [0.3, 0.4) is 0 Å². The SMILES string of the molecule is CC1c2ccccc2-c2ccccc2C1c1cnc2c(=O)[nH]cnc2n1. The summed E-state index contributed by atoms with van der Waals surface area (Å²) in [7, 11) is 0. The van der Waals surface area contributed by atoms with Crippen LogP contribution in [0.4, 0.5) is 0 Å². The van der Waals surface area contributed by atoms with E-state index in [1.54, 1.807) is 6.20 Å². The number of fused-ring (bicyclic) bond motifs is 4. The van der Waals surface area contributed by atoms with E-state index in [2.05, 4.69) is 75.4 Å². The van der Waals surface area contributed by atoms with Gasteiger partial charge in [0.1, 0.15) is 0 Å². The van der Waals surface area contributed by atoms with E-state index in [0.29, 0.717) is 5.65 Å². The van der Waals surface area contributed by atoms with Crippen molar-refractivity contribution in [1.82, 2.24) is 19.9 Å². The van der Waals surface area contributed by atoms with Crippen LogP contribution in [0.1, 0.15) is 35.6 Å². The summed E-state index contributed by atoms with van der Waals surface area (Å²) in [6.45, 7) is 2.22. The van der Waals surface area contributed by atoms with Gasteiger partial charge in [-0.1, -0.05) is 55.5 Å². The van der Waals surface area contributed by atoms with Gasteiger partial charge in [0.25, 0.3) is 5.56 Å². The Morgan fingerprint density at radius 3 is 2.42 bits per heavy atom. The van der Waals surface area contributed by atoms with Crippen molar-refractivity contribution in [3.63, 3.8) is 0 Å². The van der Waals surface area contributed by atoms with Gasteiger partial charge < -0.3 is 4.98 Å². The molecular formula is C21H16N4O. The Hall–Kier alpha value is -3.34. The van der Waals surface area contributed by atoms with Crippen LogP contribution in [0.25, 0.3) is 22.3 Å². The van der Waals surface area contributed by atoms with Crippen molar-refractivity contribution in [2.24, 2.45) is 0 Å². The number of rotatable bonds is 1. The Labute approximate surface area is 149 Å². The van der Waals surface area contributed by atoms with Gasteiger partial charge in [0.05, 0.1) is 18.2 Å². The standard InChI is InChI=1S/C21H16N4O/c1-12-13-6-2-3-7-14(13)15-8-4-5-9-16(15)18(12)17-10-22-19-20(25-17)23-11-24-21(19)26/h2-12,18H,1H3,(H,23,24,25,26). The second kappa shape index (κ2) is 5.59. The first kappa shape index (κ1) is 15.0. The number of nitrogens with zero attached hydrogens (tertiary/aromatic N) is 3. The molecule has 126 valence electrons. The molecule has 5 nitrogen and oxygen atoms in total. The van der Waals surface area contributed by atoms with Crippen LogP contribution < -0.4 is 5.56 Å². The van der Waals surface area contributed by atoms with Crippen molar-refractivity contribution in [3.8, 4) is 11.1 Å². The van der Waals surface area contributed by atoms with Gasteiger partial charge in [-0.15, -0.1) is 0 Å². The van der Waals surface area contributed by atoms with Crippen molar-refractivity contribution in [3.05, 3.63) is 88.2 Å². The summed E-state index contributed by atoms with van der Waals surface area (Å²) in [6, 6.07) is 16.9. The molecule has 1 aliphatic carbocycles. The van der Waals surface area contributed by atoms with Gasteiger partial charge >= 0.3 is 0 Å². The molecule has 5 rings (SSSR count). The van der Waals surface area contributed by atoms with Crippen LogP contribution in [0.15, 0.2) is 65.8 Å². The minimum absolute atomic E-state index is 0.0686. The summed E-state index contributed by atoms with van der Waals surface area (Å²) >= 11 is 0. The monoisotopic (exact) mass is 340 g/mol. The summed E-state index contributed by atoms with van der Waals surface area (Å²) in [5, 5.41) is 0. The molecule has 2 heterocycles. The maximum atomic E-state index is 11.9. The maximum Gasteiger partial charge on any atom is 0.278 e. The zero-order valence-electron chi connectivity index (χ0n) is 14.2. The second-order valence-corrected chi connectivity index (χ2v) is 6.64. The highest BCUT2D eigenvalue weighted by atomic mass is 16.1. The summed E-state index contributed by atoms with van der Waals surface area (Å²) in [6.07, 6.45) is 3.09. The predicted octanol–water partition coefficient (Wildman–Crippen LogP) is 3.63. The van der Waals surface area contributed by atoms with Crippen molar-refractivity contribution >= 4 is 11.2 Å². The largest absolute Gasteiger partial charge is 0.311 e. The number of aromatic amines is 1. The van der Waals surface area contributed by atoms with Crippen molar-refractivity contribution in [2.75, 3.05) is 0 Å². The van der Waals surface area contributed by atoms with E-state index in [1.807, 2.05) is 0 Å². The van der Waals surface area contributed by atoms with E-state index in [-0.39, 0.29) is 22.9 Å². The molecule has 2 aromatic heterocycles. The number of benzene rings is 2. The van der Waals surface area contributed by atoms with Crippen molar-refractivity contribution in [2.45, 2.75) is 18.8 Å². The lowest BCUT2D eigenvalue weighted by Crippen LogP contribution is -2.19. The smallest absolute Gasteiger partial charge is 0.278 e. The highest BCUT2D eigenvalue weighted by Gasteiger charge is 2.33. The minimum Gasteiger partial charge on any atom is -0.311 e. The van der Waals surface area contributed by atoms with Gasteiger partial charge in [0.2, 0.25) is 0 Å². The summed E-state index contributed by atoms with van der Waals surface area (Å²) in [5.41, 5.74) is 6.26. The molecule has 0 amide bonds. The van der Waals surface area contributed by atoms with Crippen LogP contribution in [0, 0.1) is 0 Å². The zero-order valence-corrected chi connectivity index (χ0v) is 14.2. The van der Waals surface area contributed by atoms with Crippen LogP contribution in [-0.2, 0) is 0 Å². The molecule has 0 aliphatic heterocycles. The average molecular weight is 340 g/mol. The Kier molecular flexibility index (Phi) is 3.22. The van der Waals surface area contributed by atoms with Crippen LogP contribution in [0.2, 0.25) is 0 Å². The third-order valence-electron chi connectivity index (χ3n) is 5.23. The van der Waals surface area contributed by atoms with Gasteiger partial charge in [0, 0.05) is 5.92 Å². The van der Waals surface area contributed by atoms with E-state index in [9.17, 15) is 4.79 Å². The highest BCUT2D eigenvalue weighted by molar-refractivity contribution is 5.76. The average Bonchev–Trinajstić information content (AvgIpc) is 2.68. The molecule has 0 spiro atoms. The quantitative estimate of drug-likeness (QED) is 0.574. The first-order chi connectivity index (χ1) is 12.7. The van der Waals surface area contributed by atoms with Crippen LogP contribution in [0.5, 0.6) is 0 Å². The molecule has 4 aromatic rings. The molecule has 0 saturated heterocycles. The van der Waals surface area contributed by atoms with E-state index in [1.165, 1.54) is 28.6 Å². The predicted molar refractivity (Wildman–Crippen MR) is 100 cm³/mol. The van der Waals surface area contributed by atoms with Crippen LogP contribution in [-0.4, -0.2) is 19.9 Å². The lowest BCUT2D eigenvalue weighted by molar-refractivity contribution is 0.632. The Balaban J connectivity index is 1.76. The molecule has 0 radical (unpaired) electrons. The lowest BCUT2D eigenvalue weighted by Gasteiger charge is -2.33. The Morgan fingerprint density at radius 2 is 1.62 bits per heavy atom. The topological polar surface area (TPSA) is 71.5 Å². The second-order valence-electron chi connectivity index (χ2n) is 6.64. The van der Waals surface area contributed by atoms with Gasteiger partial charge in [-0.05, 0) is 28.2 Å². The fourth-order valence-corrected chi connectivity index (χ4v) is 4.03. The molecular weight excluding hydrogens is 324 g/mol. The molecule has 2 unspecified atom stereocenters. The number of aromatic nitrogens is 4. The normalized spacial score (nSPS) is 18.3. The fraction of sp³-hybridized carbons (Fsp3) is 0.143. The van der Waals surface area contributed by atoms with E-state index in [4.69, 9.17) is 0 Å². The Bertz CT molecular complexity index is 1200. The third kappa shape index (κ3) is 2.10. The molecule has 0 bridgehead atoms. The molecule has 5 heteroatoms. The molecule has 1 N–H and O–H groups in total. The summed E-state index contributed by atoms with van der Waals surface area (Å²) in [5.74, 6) is 0.314. The van der Waals surface area contributed by atoms with Gasteiger partial charge in [-0.3, -0.25) is 4.79 Å². The number of H-pyrrole nitrogens is 1. The van der Waals surface area contributed by atoms with E-state index < -0.39 is 0 Å². The lowest BCUT2D eigenvalue weighted by atomic mass is 9.71. The number of hydrogen-bond acceptors (Lipinski definition) is 4. The van der Waals surface area contributed by atoms with Crippen LogP contribution >= 0.6 is 0 Å². The molecule has 0 saturated carbocycles. The number of hydrogen-bond donors (Lipinski definition) is 1. The number of nitrogens with one attached hydrogen (secondary N) is 1. The van der Waals surface area contributed by atoms with E-state index in [0.717, 1.165) is 5.69 Å². The van der Waals surface area contributed by atoms with Crippen molar-refractivity contribution in [1.29, 1.82) is 0 Å². The molecule has 26 heavy (non-hydrogen) atoms. The van der Waals surface area contributed by atoms with E-state index >= 15 is 0 Å². The first-order valence-corrected chi connectivity index (χ1v) is 8.62. The van der Waals surface area contributed by atoms with Crippen molar-refractivity contribution < 1.29 is 0 Å². The third-order valence-corrected chi connectivity index (χ3v) is 5.23. The maximum absolute atomic E-state index is 11.9. The van der Waals surface area contributed by atoms with Gasteiger partial charge in [-0.2, -0.15) is 0 Å². The molecule has 2 aromatic carbocycles. The Morgan fingerprint density at radius 1 is 0.923 bits per heavy atom. The summed E-state index contributed by atoms with van der Waals surface area (Å²) < 4.78 is 0. The zero-order chi connectivity index (χ0) is 17.7. The fourth-order valence-electron chi connectivity index (χ4n) is 4.03. The van der Waals surface area contributed by atoms with Gasteiger partial charge in [-0.25, -0.2) is 15.0 Å². The highest BCUT2D eigenvalue weighted by Crippen LogP contribution is 2.48.